The first-order chi connectivity index (χ1) is 9.13. The van der Waals surface area contributed by atoms with Gasteiger partial charge in [-0.05, 0) is 43.7 Å². The van der Waals surface area contributed by atoms with Crippen LogP contribution in [0, 0.1) is 5.92 Å². The third-order valence-corrected chi connectivity index (χ3v) is 3.97. The zero-order valence-corrected chi connectivity index (χ0v) is 11.4. The fourth-order valence-electron chi connectivity index (χ4n) is 2.82. The van der Waals surface area contributed by atoms with E-state index >= 15 is 0 Å². The van der Waals surface area contributed by atoms with Gasteiger partial charge in [0.2, 0.25) is 0 Å². The predicted octanol–water partition coefficient (Wildman–Crippen LogP) is 2.72. The lowest BCUT2D eigenvalue weighted by Gasteiger charge is -2.31. The van der Waals surface area contributed by atoms with Crippen LogP contribution in [0.4, 0.5) is 5.69 Å². The van der Waals surface area contributed by atoms with Crippen LogP contribution in [0.1, 0.15) is 49.4 Å². The first-order valence-corrected chi connectivity index (χ1v) is 6.98. The Labute approximate surface area is 114 Å². The fraction of sp³-hybridized carbons (Fsp3) is 0.533. The van der Waals surface area contributed by atoms with E-state index < -0.39 is 5.91 Å². The lowest BCUT2D eigenvalue weighted by Crippen LogP contribution is -2.30. The number of primary amides is 1. The van der Waals surface area contributed by atoms with E-state index in [1.807, 2.05) is 6.07 Å². The first-order valence-electron chi connectivity index (χ1n) is 6.98. The van der Waals surface area contributed by atoms with Crippen molar-refractivity contribution in [3.63, 3.8) is 0 Å². The highest BCUT2D eigenvalue weighted by Gasteiger charge is 2.26. The van der Waals surface area contributed by atoms with Gasteiger partial charge in [-0.1, -0.05) is 19.4 Å². The number of ether oxygens (including phenoxy) is 1. The summed E-state index contributed by atoms with van der Waals surface area (Å²) < 4.78 is 6.05. The van der Waals surface area contributed by atoms with Crippen molar-refractivity contribution in [3.8, 4) is 5.75 Å². The van der Waals surface area contributed by atoms with Gasteiger partial charge in [0, 0.05) is 0 Å². The molecule has 2 atom stereocenters. The molecule has 1 saturated carbocycles. The van der Waals surface area contributed by atoms with E-state index in [9.17, 15) is 4.79 Å². The van der Waals surface area contributed by atoms with Crippen molar-refractivity contribution < 1.29 is 9.53 Å². The number of carbonyl (C=O) groups excluding carboxylic acids is 1. The largest absolute Gasteiger partial charge is 0.488 e. The molecular weight excluding hydrogens is 240 g/mol. The average molecular weight is 262 g/mol. The fourth-order valence-corrected chi connectivity index (χ4v) is 2.82. The van der Waals surface area contributed by atoms with Gasteiger partial charge in [0.25, 0.3) is 5.91 Å². The highest BCUT2D eigenvalue weighted by atomic mass is 16.5. The minimum Gasteiger partial charge on any atom is -0.488 e. The summed E-state index contributed by atoms with van der Waals surface area (Å²) in [6.07, 6.45) is 6.03. The second-order valence-electron chi connectivity index (χ2n) is 5.19. The summed E-state index contributed by atoms with van der Waals surface area (Å²) in [5, 5.41) is 0. The van der Waals surface area contributed by atoms with E-state index in [-0.39, 0.29) is 6.10 Å². The van der Waals surface area contributed by atoms with Crippen molar-refractivity contribution in [2.45, 2.75) is 45.1 Å². The molecule has 19 heavy (non-hydrogen) atoms. The third-order valence-electron chi connectivity index (χ3n) is 3.97. The van der Waals surface area contributed by atoms with Gasteiger partial charge in [-0.3, -0.25) is 4.79 Å². The Kier molecular flexibility index (Phi) is 4.30. The Morgan fingerprint density at radius 2 is 2.11 bits per heavy atom. The van der Waals surface area contributed by atoms with Crippen LogP contribution in [0.25, 0.3) is 0 Å². The minimum atomic E-state index is -0.515. The molecule has 0 saturated heterocycles. The molecule has 2 rings (SSSR count). The lowest BCUT2D eigenvalue weighted by atomic mass is 9.84. The molecule has 0 aromatic heterocycles. The number of benzene rings is 1. The van der Waals surface area contributed by atoms with Crippen LogP contribution >= 0.6 is 0 Å². The summed E-state index contributed by atoms with van der Waals surface area (Å²) in [7, 11) is 0. The van der Waals surface area contributed by atoms with Crippen LogP contribution < -0.4 is 16.2 Å². The van der Waals surface area contributed by atoms with E-state index in [1.54, 1.807) is 12.1 Å². The smallest absolute Gasteiger partial charge is 0.250 e. The average Bonchev–Trinajstić information content (AvgIpc) is 2.41. The van der Waals surface area contributed by atoms with Crippen LogP contribution in [-0.4, -0.2) is 12.0 Å². The van der Waals surface area contributed by atoms with Gasteiger partial charge >= 0.3 is 0 Å². The summed E-state index contributed by atoms with van der Waals surface area (Å²) in [6, 6.07) is 5.20. The summed E-state index contributed by atoms with van der Waals surface area (Å²) in [5.74, 6) is 0.644. The Bertz CT molecular complexity index is 459. The molecule has 1 aliphatic carbocycles. The Morgan fingerprint density at radius 1 is 1.37 bits per heavy atom. The lowest BCUT2D eigenvalue weighted by molar-refractivity contribution is 0.0906. The van der Waals surface area contributed by atoms with Crippen LogP contribution in [0.15, 0.2) is 18.2 Å². The monoisotopic (exact) mass is 262 g/mol. The molecule has 0 bridgehead atoms. The van der Waals surface area contributed by atoms with Crippen LogP contribution in [0.3, 0.4) is 0 Å². The molecule has 0 aliphatic heterocycles. The number of rotatable bonds is 4. The van der Waals surface area contributed by atoms with Gasteiger partial charge in [0.05, 0.1) is 11.3 Å². The molecular formula is C15H22N2O2. The highest BCUT2D eigenvalue weighted by molar-refractivity contribution is 5.99. The minimum absolute atomic E-state index is 0.198. The van der Waals surface area contributed by atoms with Crippen molar-refractivity contribution in [2.24, 2.45) is 11.7 Å². The van der Waals surface area contributed by atoms with Gasteiger partial charge in [-0.2, -0.15) is 0 Å². The molecule has 1 fully saturated rings. The van der Waals surface area contributed by atoms with Gasteiger partial charge in [0.15, 0.2) is 0 Å². The molecule has 1 amide bonds. The molecule has 0 radical (unpaired) electrons. The second-order valence-corrected chi connectivity index (χ2v) is 5.19. The van der Waals surface area contributed by atoms with Gasteiger partial charge in [-0.15, -0.1) is 0 Å². The zero-order chi connectivity index (χ0) is 13.8. The molecule has 1 aromatic rings. The number of amides is 1. The molecule has 1 aromatic carbocycles. The number of para-hydroxylation sites is 1. The number of nitrogen functional groups attached to an aromatic ring is 1. The maximum atomic E-state index is 11.3. The third kappa shape index (κ3) is 3.00. The van der Waals surface area contributed by atoms with Crippen LogP contribution in [0.2, 0.25) is 0 Å². The summed E-state index contributed by atoms with van der Waals surface area (Å²) >= 11 is 0. The zero-order valence-electron chi connectivity index (χ0n) is 11.4. The SMILES string of the molecule is CCC1CCCCC1Oc1cccc(C(N)=O)c1N. The second kappa shape index (κ2) is 5.95. The van der Waals surface area contributed by atoms with E-state index in [2.05, 4.69) is 6.92 Å². The maximum Gasteiger partial charge on any atom is 0.250 e. The van der Waals surface area contributed by atoms with Crippen LogP contribution in [-0.2, 0) is 0 Å². The van der Waals surface area contributed by atoms with E-state index in [0.29, 0.717) is 22.9 Å². The maximum absolute atomic E-state index is 11.3. The van der Waals surface area contributed by atoms with E-state index in [4.69, 9.17) is 16.2 Å². The van der Waals surface area contributed by atoms with Crippen molar-refractivity contribution >= 4 is 11.6 Å². The molecule has 4 heteroatoms. The van der Waals surface area contributed by atoms with E-state index in [1.165, 1.54) is 19.3 Å². The predicted molar refractivity (Wildman–Crippen MR) is 76.0 cm³/mol. The van der Waals surface area contributed by atoms with Gasteiger partial charge in [0.1, 0.15) is 11.9 Å². The molecule has 0 spiro atoms. The standard InChI is InChI=1S/C15H22N2O2/c1-2-10-6-3-4-8-12(10)19-13-9-5-7-11(14(13)16)15(17)18/h5,7,9-10,12H,2-4,6,8,16H2,1H3,(H2,17,18). The molecule has 4 nitrogen and oxygen atoms in total. The van der Waals surface area contributed by atoms with Gasteiger partial charge < -0.3 is 16.2 Å². The topological polar surface area (TPSA) is 78.3 Å². The Morgan fingerprint density at radius 3 is 2.79 bits per heavy atom. The summed E-state index contributed by atoms with van der Waals surface area (Å²) in [6.45, 7) is 2.19. The molecule has 104 valence electrons. The number of hydrogen-bond acceptors (Lipinski definition) is 3. The van der Waals surface area contributed by atoms with Crippen molar-refractivity contribution in [1.82, 2.24) is 0 Å². The quantitative estimate of drug-likeness (QED) is 0.819. The molecule has 2 unspecified atom stereocenters. The Balaban J connectivity index is 2.18. The number of carbonyl (C=O) groups is 1. The molecule has 0 heterocycles. The van der Waals surface area contributed by atoms with Crippen molar-refractivity contribution in [3.05, 3.63) is 23.8 Å². The van der Waals surface area contributed by atoms with E-state index in [0.717, 1.165) is 12.8 Å². The normalized spacial score (nSPS) is 23.0. The number of hydrogen-bond donors (Lipinski definition) is 2. The number of anilines is 1. The van der Waals surface area contributed by atoms with Crippen LogP contribution in [0.5, 0.6) is 5.75 Å². The highest BCUT2D eigenvalue weighted by Crippen LogP contribution is 2.33. The molecule has 1 aliphatic rings. The number of nitrogens with two attached hydrogens (primary N) is 2. The Hall–Kier alpha value is -1.71. The summed E-state index contributed by atoms with van der Waals surface area (Å²) in [5.41, 5.74) is 11.9. The summed E-state index contributed by atoms with van der Waals surface area (Å²) in [4.78, 5) is 11.3. The van der Waals surface area contributed by atoms with Gasteiger partial charge in [-0.25, -0.2) is 0 Å². The first kappa shape index (κ1) is 13.7. The van der Waals surface area contributed by atoms with Crippen molar-refractivity contribution in [1.29, 1.82) is 0 Å². The van der Waals surface area contributed by atoms with Crippen molar-refractivity contribution in [2.75, 3.05) is 5.73 Å². The molecule has 4 N–H and O–H groups in total.